The van der Waals surface area contributed by atoms with E-state index >= 15 is 0 Å². The number of carbonyl (C=O) groups is 2. The molecule has 3 aromatic heterocycles. The number of nitrogens with one attached hydrogen (secondary N) is 2. The summed E-state index contributed by atoms with van der Waals surface area (Å²) in [4.78, 5) is 35.3. The standard InChI is InChI=1S/C29H34F4N6O3/c1-2-17-15-42-38-25(17)26(41)37-24(19-5-8-28(30,31)9-6-19)21-14-39-10-7-20(34-27(39)35-21)23(18-3-4-18)36-22(40)11-16-12-29(32,33)13-16/h7,10,14-16,18-19,23-24H,2-6,8-9,11-13H2,1H3,(H,36,40)(H,37,41)/t23-,24+/m1/s1. The fraction of sp³-hybridized carbons (Fsp3) is 0.621. The van der Waals surface area contributed by atoms with Gasteiger partial charge in [0.2, 0.25) is 23.5 Å². The van der Waals surface area contributed by atoms with Crippen molar-refractivity contribution in [1.29, 1.82) is 0 Å². The maximum atomic E-state index is 14.0. The van der Waals surface area contributed by atoms with Gasteiger partial charge in [0.25, 0.3) is 5.91 Å². The molecule has 2 amide bonds. The minimum absolute atomic E-state index is 0.0572. The molecule has 2 N–H and O–H groups in total. The summed E-state index contributed by atoms with van der Waals surface area (Å²) in [5.41, 5.74) is 1.90. The molecule has 0 spiro atoms. The fourth-order valence-corrected chi connectivity index (χ4v) is 6.25. The second kappa shape index (κ2) is 11.0. The Morgan fingerprint density at radius 2 is 1.67 bits per heavy atom. The highest BCUT2D eigenvalue weighted by Gasteiger charge is 2.46. The number of nitrogens with zero attached hydrogens (tertiary/aromatic N) is 4. The maximum Gasteiger partial charge on any atom is 0.274 e. The molecular weight excluding hydrogens is 556 g/mol. The molecule has 0 unspecified atom stereocenters. The van der Waals surface area contributed by atoms with Crippen molar-refractivity contribution in [1.82, 2.24) is 30.2 Å². The van der Waals surface area contributed by atoms with Gasteiger partial charge in [-0.05, 0) is 55.9 Å². The number of alkyl halides is 4. The van der Waals surface area contributed by atoms with Gasteiger partial charge in [-0.3, -0.25) is 14.0 Å². The van der Waals surface area contributed by atoms with Gasteiger partial charge in [0.05, 0.1) is 23.5 Å². The van der Waals surface area contributed by atoms with Crippen LogP contribution in [0, 0.1) is 17.8 Å². The monoisotopic (exact) mass is 590 g/mol. The third kappa shape index (κ3) is 6.14. The molecule has 3 aliphatic rings. The van der Waals surface area contributed by atoms with E-state index in [0.717, 1.165) is 12.8 Å². The first-order valence-electron chi connectivity index (χ1n) is 14.6. The number of hydrogen-bond donors (Lipinski definition) is 2. The molecule has 3 heterocycles. The van der Waals surface area contributed by atoms with Crippen LogP contribution >= 0.6 is 0 Å². The highest BCUT2D eigenvalue weighted by atomic mass is 19.3. The van der Waals surface area contributed by atoms with Gasteiger partial charge >= 0.3 is 0 Å². The average Bonchev–Trinajstić information content (AvgIpc) is 3.49. The quantitative estimate of drug-likeness (QED) is 0.298. The highest BCUT2D eigenvalue weighted by molar-refractivity contribution is 5.93. The molecule has 3 fully saturated rings. The van der Waals surface area contributed by atoms with Crippen LogP contribution in [0.2, 0.25) is 0 Å². The van der Waals surface area contributed by atoms with Gasteiger partial charge in [-0.25, -0.2) is 27.5 Å². The molecule has 9 nitrogen and oxygen atoms in total. The molecule has 0 saturated heterocycles. The van der Waals surface area contributed by atoms with Gasteiger partial charge in [-0.1, -0.05) is 12.1 Å². The summed E-state index contributed by atoms with van der Waals surface area (Å²) in [6.45, 7) is 1.87. The Kier molecular flexibility index (Phi) is 7.46. The number of fused-ring (bicyclic) bond motifs is 1. The lowest BCUT2D eigenvalue weighted by atomic mass is 9.79. The minimum atomic E-state index is -2.73. The zero-order valence-electron chi connectivity index (χ0n) is 23.3. The van der Waals surface area contributed by atoms with E-state index in [-0.39, 0.29) is 80.3 Å². The van der Waals surface area contributed by atoms with Crippen molar-refractivity contribution in [3.05, 3.63) is 47.4 Å². The Balaban J connectivity index is 1.23. The lowest BCUT2D eigenvalue weighted by Gasteiger charge is -2.34. The summed E-state index contributed by atoms with van der Waals surface area (Å²) < 4.78 is 61.1. The van der Waals surface area contributed by atoms with Crippen molar-refractivity contribution in [2.24, 2.45) is 17.8 Å². The van der Waals surface area contributed by atoms with Crippen LogP contribution in [0.4, 0.5) is 17.6 Å². The molecule has 2 atom stereocenters. The minimum Gasteiger partial charge on any atom is -0.364 e. The van der Waals surface area contributed by atoms with E-state index in [2.05, 4.69) is 15.8 Å². The molecular formula is C29H34F4N6O3. The number of aryl methyl sites for hydroxylation is 1. The Hall–Kier alpha value is -3.51. The number of halogens is 4. The predicted octanol–water partition coefficient (Wildman–Crippen LogP) is 5.58. The zero-order valence-corrected chi connectivity index (χ0v) is 23.3. The SMILES string of the molecule is CCc1conc1C(=O)N[C@H](c1cn2ccc([C@H](NC(=O)CC3CC(F)(F)C3)C3CC3)nc2n1)C1CCC(F)(F)CC1. The van der Waals surface area contributed by atoms with Gasteiger partial charge < -0.3 is 15.2 Å². The molecule has 0 aliphatic heterocycles. The molecule has 3 aliphatic carbocycles. The van der Waals surface area contributed by atoms with Crippen molar-refractivity contribution in [2.45, 2.75) is 95.1 Å². The van der Waals surface area contributed by atoms with Gasteiger partial charge in [-0.2, -0.15) is 0 Å². The van der Waals surface area contributed by atoms with Crippen molar-refractivity contribution >= 4 is 17.6 Å². The zero-order chi connectivity index (χ0) is 29.6. The number of hydrogen-bond acceptors (Lipinski definition) is 6. The smallest absolute Gasteiger partial charge is 0.274 e. The molecule has 13 heteroatoms. The van der Waals surface area contributed by atoms with E-state index in [1.165, 1.54) is 6.26 Å². The van der Waals surface area contributed by atoms with Crippen molar-refractivity contribution in [3.63, 3.8) is 0 Å². The van der Waals surface area contributed by atoms with E-state index in [9.17, 15) is 27.2 Å². The van der Waals surface area contributed by atoms with Crippen LogP contribution in [0.15, 0.2) is 29.2 Å². The number of carbonyl (C=O) groups excluding carboxylic acids is 2. The number of aromatic nitrogens is 4. The Morgan fingerprint density at radius 1 is 1.00 bits per heavy atom. The molecule has 6 rings (SSSR count). The van der Waals surface area contributed by atoms with Crippen molar-refractivity contribution in [3.8, 4) is 0 Å². The van der Waals surface area contributed by atoms with Crippen molar-refractivity contribution in [2.75, 3.05) is 0 Å². The van der Waals surface area contributed by atoms with Crippen molar-refractivity contribution < 1.29 is 31.7 Å². The van der Waals surface area contributed by atoms with Crippen LogP contribution in [0.5, 0.6) is 0 Å². The summed E-state index contributed by atoms with van der Waals surface area (Å²) >= 11 is 0. The number of amides is 2. The highest BCUT2D eigenvalue weighted by Crippen LogP contribution is 2.45. The van der Waals surface area contributed by atoms with Crippen LogP contribution in [-0.2, 0) is 11.2 Å². The average molecular weight is 591 g/mol. The van der Waals surface area contributed by atoms with Gasteiger partial charge in [0.1, 0.15) is 6.26 Å². The van der Waals surface area contributed by atoms with E-state index in [1.807, 2.05) is 6.92 Å². The van der Waals surface area contributed by atoms with E-state index in [0.29, 0.717) is 29.1 Å². The third-order valence-electron chi connectivity index (χ3n) is 8.82. The van der Waals surface area contributed by atoms with Crippen LogP contribution in [-0.4, -0.2) is 43.2 Å². The topological polar surface area (TPSA) is 114 Å². The van der Waals surface area contributed by atoms with E-state index < -0.39 is 23.8 Å². The van der Waals surface area contributed by atoms with Gasteiger partial charge in [-0.15, -0.1) is 0 Å². The Bertz CT molecular complexity index is 1450. The lowest BCUT2D eigenvalue weighted by Crippen LogP contribution is -2.39. The molecule has 0 aromatic carbocycles. The predicted molar refractivity (Wildman–Crippen MR) is 142 cm³/mol. The molecule has 3 aromatic rings. The first-order chi connectivity index (χ1) is 20.0. The Morgan fingerprint density at radius 3 is 2.33 bits per heavy atom. The van der Waals surface area contributed by atoms with E-state index in [4.69, 9.17) is 14.5 Å². The van der Waals surface area contributed by atoms with Gasteiger partial charge in [0, 0.05) is 50.1 Å². The number of imidazole rings is 1. The Labute approximate surface area is 239 Å². The first kappa shape index (κ1) is 28.6. The summed E-state index contributed by atoms with van der Waals surface area (Å²) in [7, 11) is 0. The molecule has 42 heavy (non-hydrogen) atoms. The van der Waals surface area contributed by atoms with Crippen LogP contribution in [0.3, 0.4) is 0 Å². The van der Waals surface area contributed by atoms with E-state index in [1.54, 1.807) is 22.9 Å². The summed E-state index contributed by atoms with van der Waals surface area (Å²) in [5.74, 6) is -6.18. The molecule has 3 saturated carbocycles. The lowest BCUT2D eigenvalue weighted by molar-refractivity contribution is -0.134. The van der Waals surface area contributed by atoms with Crippen LogP contribution in [0.25, 0.3) is 5.78 Å². The van der Waals surface area contributed by atoms with Crippen LogP contribution < -0.4 is 10.6 Å². The molecule has 0 bridgehead atoms. The third-order valence-corrected chi connectivity index (χ3v) is 8.82. The summed E-state index contributed by atoms with van der Waals surface area (Å²) in [5, 5.41) is 9.81. The molecule has 0 radical (unpaired) electrons. The fourth-order valence-electron chi connectivity index (χ4n) is 6.25. The largest absolute Gasteiger partial charge is 0.364 e. The normalized spacial score (nSPS) is 21.9. The summed E-state index contributed by atoms with van der Waals surface area (Å²) in [6, 6.07) is 0.773. The number of rotatable bonds is 10. The second-order valence-corrected chi connectivity index (χ2v) is 12.1. The first-order valence-corrected chi connectivity index (χ1v) is 14.6. The van der Waals surface area contributed by atoms with Gasteiger partial charge in [0.15, 0.2) is 5.69 Å². The molecule has 226 valence electrons. The summed E-state index contributed by atoms with van der Waals surface area (Å²) in [6.07, 6.45) is 6.71. The van der Waals surface area contributed by atoms with Crippen LogP contribution in [0.1, 0.15) is 104 Å². The maximum absolute atomic E-state index is 14.0. The second-order valence-electron chi connectivity index (χ2n) is 12.1.